The molecule has 13 heteroatoms. The fraction of sp³-hybridized carbons (Fsp3) is 0.478. The molecule has 3 aromatic carbocycles. The number of amides is 3. The standard InChI is InChI=1S/C46H54N8O5/c1-29-24-36(12-8-32(29)26-47)59-44-45(2,3)43(46(44,4)5)50-40(56)31-6-9-34(10-7-31)52-18-16-30(17-19-52)28-51-20-22-53(23-21-51)35-11-13-37-33(25-35)27-48-54(42(37)58)38-14-15-39(55)49-41(38)57/h6-13,24-25,27,30,38,43-44H,14-23,28H2,1-5H3,(H,50,56)(H,49,55,57)/t38-,43-,44-/m1/s1. The number of imide groups is 1. The van der Waals surface area contributed by atoms with Crippen LogP contribution in [0.25, 0.3) is 10.8 Å². The zero-order chi connectivity index (χ0) is 41.6. The number of hydrogen-bond donors (Lipinski definition) is 2. The first-order valence-electron chi connectivity index (χ1n) is 20.9. The first-order chi connectivity index (χ1) is 28.2. The zero-order valence-corrected chi connectivity index (χ0v) is 34.7. The van der Waals surface area contributed by atoms with Gasteiger partial charge in [-0.05, 0) is 98.3 Å². The van der Waals surface area contributed by atoms with Crippen molar-refractivity contribution in [1.82, 2.24) is 25.3 Å². The van der Waals surface area contributed by atoms with Crippen molar-refractivity contribution < 1.29 is 19.1 Å². The van der Waals surface area contributed by atoms with Crippen molar-refractivity contribution >= 4 is 39.9 Å². The number of ether oxygens (including phenoxy) is 1. The Hall–Kier alpha value is -5.74. The minimum absolute atomic E-state index is 0.0804. The number of aromatic nitrogens is 2. The van der Waals surface area contributed by atoms with E-state index in [0.717, 1.165) is 86.7 Å². The van der Waals surface area contributed by atoms with Gasteiger partial charge in [0.1, 0.15) is 17.9 Å². The Morgan fingerprint density at radius 3 is 2.22 bits per heavy atom. The van der Waals surface area contributed by atoms with Crippen molar-refractivity contribution in [2.24, 2.45) is 16.7 Å². The molecule has 1 aliphatic carbocycles. The molecule has 1 saturated carbocycles. The van der Waals surface area contributed by atoms with Crippen LogP contribution in [0.15, 0.2) is 71.7 Å². The van der Waals surface area contributed by atoms with Crippen molar-refractivity contribution in [1.29, 1.82) is 5.26 Å². The van der Waals surface area contributed by atoms with Crippen molar-refractivity contribution in [2.75, 3.05) is 55.6 Å². The highest BCUT2D eigenvalue weighted by Crippen LogP contribution is 2.55. The summed E-state index contributed by atoms with van der Waals surface area (Å²) in [5.74, 6) is 0.475. The van der Waals surface area contributed by atoms with Crippen LogP contribution in [0, 0.1) is 35.0 Å². The number of nitriles is 1. The molecule has 59 heavy (non-hydrogen) atoms. The Morgan fingerprint density at radius 1 is 0.881 bits per heavy atom. The Labute approximate surface area is 345 Å². The van der Waals surface area contributed by atoms with Crippen LogP contribution in [-0.4, -0.2) is 90.4 Å². The van der Waals surface area contributed by atoms with Crippen LogP contribution in [0.2, 0.25) is 0 Å². The molecule has 3 saturated heterocycles. The molecule has 2 N–H and O–H groups in total. The number of rotatable bonds is 9. The second-order valence-corrected chi connectivity index (χ2v) is 18.0. The van der Waals surface area contributed by atoms with E-state index in [4.69, 9.17) is 4.74 Å². The monoisotopic (exact) mass is 798 g/mol. The number of fused-ring (bicyclic) bond motifs is 1. The van der Waals surface area contributed by atoms with E-state index < -0.39 is 11.9 Å². The summed E-state index contributed by atoms with van der Waals surface area (Å²) in [4.78, 5) is 58.1. The molecule has 8 rings (SSSR count). The Morgan fingerprint density at radius 2 is 1.56 bits per heavy atom. The van der Waals surface area contributed by atoms with Crippen molar-refractivity contribution in [3.8, 4) is 11.8 Å². The molecule has 0 bridgehead atoms. The van der Waals surface area contributed by atoms with Gasteiger partial charge >= 0.3 is 0 Å². The Bertz CT molecular complexity index is 2350. The summed E-state index contributed by atoms with van der Waals surface area (Å²) in [6.07, 6.45) is 4.22. The summed E-state index contributed by atoms with van der Waals surface area (Å²) in [6, 6.07) is 20.7. The summed E-state index contributed by atoms with van der Waals surface area (Å²) < 4.78 is 7.68. The lowest BCUT2D eigenvalue weighted by Crippen LogP contribution is -2.74. The smallest absolute Gasteiger partial charge is 0.275 e. The molecular formula is C46H54N8O5. The number of aryl methyl sites for hydroxylation is 1. The molecule has 1 atom stereocenters. The molecule has 4 aliphatic rings. The molecule has 0 spiro atoms. The van der Waals surface area contributed by atoms with E-state index in [9.17, 15) is 24.4 Å². The van der Waals surface area contributed by atoms with Crippen LogP contribution in [0.5, 0.6) is 5.75 Å². The van der Waals surface area contributed by atoms with E-state index in [0.29, 0.717) is 22.4 Å². The average Bonchev–Trinajstić information content (AvgIpc) is 3.22. The SMILES string of the molecule is Cc1cc(O[C@H]2C(C)(C)[C@H](NC(=O)c3ccc(N4CCC(CN5CCN(c6ccc7c(=O)n([C@@H]8CCC(=O)NC8=O)ncc7c6)CC5)CC4)cc3)C2(C)C)ccc1C#N. The summed E-state index contributed by atoms with van der Waals surface area (Å²) in [7, 11) is 0. The van der Waals surface area contributed by atoms with Crippen LogP contribution in [-0.2, 0) is 9.59 Å². The van der Waals surface area contributed by atoms with E-state index in [1.54, 1.807) is 12.3 Å². The Kier molecular flexibility index (Phi) is 10.7. The summed E-state index contributed by atoms with van der Waals surface area (Å²) in [6.45, 7) is 17.2. The molecule has 3 amide bonds. The highest BCUT2D eigenvalue weighted by molar-refractivity contribution is 5.99. The van der Waals surface area contributed by atoms with E-state index in [1.807, 2.05) is 49.4 Å². The molecule has 1 aromatic heterocycles. The number of piperazine rings is 1. The molecule has 4 fully saturated rings. The highest BCUT2D eigenvalue weighted by Gasteiger charge is 2.64. The first kappa shape index (κ1) is 40.1. The van der Waals surface area contributed by atoms with Crippen molar-refractivity contribution in [3.63, 3.8) is 0 Å². The summed E-state index contributed by atoms with van der Waals surface area (Å²) >= 11 is 0. The lowest BCUT2D eigenvalue weighted by Gasteiger charge is -2.63. The largest absolute Gasteiger partial charge is 0.489 e. The number of benzene rings is 3. The highest BCUT2D eigenvalue weighted by atomic mass is 16.5. The molecule has 4 heterocycles. The first-order valence-corrected chi connectivity index (χ1v) is 20.9. The molecule has 3 aliphatic heterocycles. The lowest BCUT2D eigenvalue weighted by atomic mass is 9.49. The van der Waals surface area contributed by atoms with Gasteiger partial charge in [-0.3, -0.25) is 29.4 Å². The normalized spacial score (nSPS) is 23.3. The van der Waals surface area contributed by atoms with Crippen LogP contribution in [0.4, 0.5) is 11.4 Å². The maximum absolute atomic E-state index is 13.5. The van der Waals surface area contributed by atoms with Crippen LogP contribution in [0.3, 0.4) is 0 Å². The molecule has 0 radical (unpaired) electrons. The second-order valence-electron chi connectivity index (χ2n) is 18.0. The van der Waals surface area contributed by atoms with Gasteiger partial charge < -0.3 is 19.9 Å². The number of piperidine rings is 2. The van der Waals surface area contributed by atoms with Crippen LogP contribution in [0.1, 0.15) is 80.9 Å². The van der Waals surface area contributed by atoms with Crippen molar-refractivity contribution in [3.05, 3.63) is 93.9 Å². The van der Waals surface area contributed by atoms with Gasteiger partial charge in [-0.15, -0.1) is 0 Å². The van der Waals surface area contributed by atoms with E-state index in [-0.39, 0.29) is 53.2 Å². The van der Waals surface area contributed by atoms with Crippen LogP contribution < -0.4 is 30.7 Å². The predicted molar refractivity (Wildman–Crippen MR) is 227 cm³/mol. The quantitative estimate of drug-likeness (QED) is 0.216. The number of carbonyl (C=O) groups is 3. The van der Waals surface area contributed by atoms with Gasteiger partial charge in [-0.1, -0.05) is 27.7 Å². The summed E-state index contributed by atoms with van der Waals surface area (Å²) in [5.41, 5.74) is 3.45. The minimum atomic E-state index is -0.779. The van der Waals surface area contributed by atoms with E-state index >= 15 is 0 Å². The molecule has 308 valence electrons. The van der Waals surface area contributed by atoms with Gasteiger partial charge in [0, 0.05) is 91.4 Å². The third-order valence-electron chi connectivity index (χ3n) is 13.4. The fourth-order valence-corrected chi connectivity index (χ4v) is 10.2. The van der Waals surface area contributed by atoms with Gasteiger partial charge in [0.2, 0.25) is 5.91 Å². The molecule has 4 aromatic rings. The summed E-state index contributed by atoms with van der Waals surface area (Å²) in [5, 5.41) is 20.5. The van der Waals surface area contributed by atoms with E-state index in [2.05, 4.69) is 76.3 Å². The second kappa shape index (κ2) is 15.8. The lowest BCUT2D eigenvalue weighted by molar-refractivity contribution is -0.164. The zero-order valence-electron chi connectivity index (χ0n) is 34.7. The minimum Gasteiger partial charge on any atom is -0.489 e. The average molecular weight is 799 g/mol. The number of nitrogens with zero attached hydrogens (tertiary/aromatic N) is 6. The molecule has 13 nitrogen and oxygen atoms in total. The third kappa shape index (κ3) is 7.78. The van der Waals surface area contributed by atoms with Gasteiger partial charge in [0.25, 0.3) is 17.4 Å². The predicted octanol–water partition coefficient (Wildman–Crippen LogP) is 5.20. The maximum atomic E-state index is 13.5. The number of carbonyl (C=O) groups excluding carboxylic acids is 3. The van der Waals surface area contributed by atoms with Gasteiger partial charge in [0.05, 0.1) is 23.2 Å². The van der Waals surface area contributed by atoms with Crippen LogP contribution >= 0.6 is 0 Å². The topological polar surface area (TPSA) is 153 Å². The molecular weight excluding hydrogens is 745 g/mol. The number of anilines is 2. The van der Waals surface area contributed by atoms with Gasteiger partial charge in [-0.2, -0.15) is 10.4 Å². The fourth-order valence-electron chi connectivity index (χ4n) is 10.2. The van der Waals surface area contributed by atoms with Gasteiger partial charge in [0.15, 0.2) is 0 Å². The Balaban J connectivity index is 0.792. The number of hydrogen-bond acceptors (Lipinski definition) is 10. The third-order valence-corrected chi connectivity index (χ3v) is 13.4. The van der Waals surface area contributed by atoms with Gasteiger partial charge in [-0.25, -0.2) is 4.68 Å². The maximum Gasteiger partial charge on any atom is 0.275 e. The van der Waals surface area contributed by atoms with Crippen molar-refractivity contribution in [2.45, 2.75) is 78.5 Å². The van der Waals surface area contributed by atoms with E-state index in [1.165, 1.54) is 4.68 Å². The molecule has 0 unspecified atom stereocenters. The number of nitrogens with one attached hydrogen (secondary N) is 2.